The molecular weight excluding hydrogens is 337 g/mol. The number of anilines is 1. The van der Waals surface area contributed by atoms with Crippen LogP contribution in [-0.2, 0) is 17.8 Å². The number of amides is 1. The molecule has 1 aromatic heterocycles. The predicted octanol–water partition coefficient (Wildman–Crippen LogP) is 3.56. The van der Waals surface area contributed by atoms with E-state index in [1.807, 2.05) is 18.5 Å². The number of aromatic carboxylic acids is 1. The van der Waals surface area contributed by atoms with Gasteiger partial charge in [0.15, 0.2) is 0 Å². The van der Waals surface area contributed by atoms with Crippen LogP contribution in [-0.4, -0.2) is 26.8 Å². The molecule has 2 aromatic rings. The van der Waals surface area contributed by atoms with Crippen molar-refractivity contribution >= 4 is 17.6 Å². The average Bonchev–Trinajstić information content (AvgIpc) is 2.80. The van der Waals surface area contributed by atoms with Gasteiger partial charge < -0.3 is 10.4 Å². The number of carbonyl (C=O) groups excluding carboxylic acids is 1. The molecule has 0 saturated heterocycles. The van der Waals surface area contributed by atoms with Gasteiger partial charge in [0, 0.05) is 18.7 Å². The molecule has 0 aliphatic heterocycles. The maximum Gasteiger partial charge on any atom is 0.335 e. The lowest BCUT2D eigenvalue weighted by Gasteiger charge is -2.09. The van der Waals surface area contributed by atoms with Crippen molar-refractivity contribution in [3.05, 3.63) is 46.5 Å². The number of benzene rings is 1. The van der Waals surface area contributed by atoms with Crippen LogP contribution >= 0.6 is 0 Å². The van der Waals surface area contributed by atoms with Crippen LogP contribution in [0.4, 0.5) is 10.1 Å². The standard InChI is InChI=1S/C19H24FN3O3/c1-11(2)10-23-13(4)15(12(3)22-23)6-8-18(24)21-17-7-5-14(19(25)26)9-16(17)20/h5,7,9,11H,6,8,10H2,1-4H3,(H,21,24)(H,25,26). The van der Waals surface area contributed by atoms with Crippen molar-refractivity contribution in [2.75, 3.05) is 5.32 Å². The van der Waals surface area contributed by atoms with Crippen molar-refractivity contribution in [2.45, 2.75) is 47.1 Å². The van der Waals surface area contributed by atoms with Gasteiger partial charge in [-0.05, 0) is 49.9 Å². The molecule has 7 heteroatoms. The smallest absolute Gasteiger partial charge is 0.335 e. The third-order valence-electron chi connectivity index (χ3n) is 4.16. The van der Waals surface area contributed by atoms with Crippen LogP contribution in [0.25, 0.3) is 0 Å². The summed E-state index contributed by atoms with van der Waals surface area (Å²) < 4.78 is 15.9. The lowest BCUT2D eigenvalue weighted by molar-refractivity contribution is -0.116. The second-order valence-corrected chi connectivity index (χ2v) is 6.77. The summed E-state index contributed by atoms with van der Waals surface area (Å²) in [6.07, 6.45) is 0.700. The van der Waals surface area contributed by atoms with Gasteiger partial charge in [0.1, 0.15) is 5.82 Å². The summed E-state index contributed by atoms with van der Waals surface area (Å²) in [6, 6.07) is 3.40. The number of carboxylic acid groups (broad SMARTS) is 1. The Hall–Kier alpha value is -2.70. The molecule has 0 fully saturated rings. The van der Waals surface area contributed by atoms with Crippen LogP contribution < -0.4 is 5.32 Å². The van der Waals surface area contributed by atoms with E-state index in [9.17, 15) is 14.0 Å². The molecule has 1 aromatic carbocycles. The van der Waals surface area contributed by atoms with E-state index in [1.54, 1.807) is 0 Å². The molecule has 6 nitrogen and oxygen atoms in total. The Morgan fingerprint density at radius 1 is 1.31 bits per heavy atom. The van der Waals surface area contributed by atoms with E-state index in [-0.39, 0.29) is 23.6 Å². The van der Waals surface area contributed by atoms with E-state index in [2.05, 4.69) is 24.3 Å². The zero-order valence-corrected chi connectivity index (χ0v) is 15.5. The molecule has 2 N–H and O–H groups in total. The number of nitrogens with one attached hydrogen (secondary N) is 1. The molecule has 1 heterocycles. The van der Waals surface area contributed by atoms with Crippen LogP contribution in [0, 0.1) is 25.6 Å². The van der Waals surface area contributed by atoms with Crippen molar-refractivity contribution in [3.63, 3.8) is 0 Å². The van der Waals surface area contributed by atoms with Crippen LogP contribution in [0.3, 0.4) is 0 Å². The highest BCUT2D eigenvalue weighted by atomic mass is 19.1. The van der Waals surface area contributed by atoms with Crippen molar-refractivity contribution in [2.24, 2.45) is 5.92 Å². The molecule has 0 aliphatic rings. The highest BCUT2D eigenvalue weighted by molar-refractivity contribution is 5.92. The van der Waals surface area contributed by atoms with Crippen molar-refractivity contribution in [1.82, 2.24) is 9.78 Å². The van der Waals surface area contributed by atoms with Gasteiger partial charge in [-0.2, -0.15) is 5.10 Å². The van der Waals surface area contributed by atoms with Crippen LogP contribution in [0.15, 0.2) is 18.2 Å². The second-order valence-electron chi connectivity index (χ2n) is 6.77. The van der Waals surface area contributed by atoms with Gasteiger partial charge in [-0.1, -0.05) is 13.8 Å². The Kier molecular flexibility index (Phi) is 6.13. The fourth-order valence-electron chi connectivity index (χ4n) is 2.82. The second kappa shape index (κ2) is 8.12. The number of hydrogen-bond donors (Lipinski definition) is 2. The highest BCUT2D eigenvalue weighted by Crippen LogP contribution is 2.19. The van der Waals surface area contributed by atoms with E-state index in [0.717, 1.165) is 29.6 Å². The monoisotopic (exact) mass is 361 g/mol. The summed E-state index contributed by atoms with van der Waals surface area (Å²) in [5, 5.41) is 15.9. The molecule has 140 valence electrons. The zero-order valence-electron chi connectivity index (χ0n) is 15.5. The van der Waals surface area contributed by atoms with Gasteiger partial charge in [0.2, 0.25) is 5.91 Å². The molecule has 0 atom stereocenters. The molecule has 1 amide bonds. The van der Waals surface area contributed by atoms with Gasteiger partial charge in [-0.3, -0.25) is 9.48 Å². The van der Waals surface area contributed by atoms with Gasteiger partial charge in [0.05, 0.1) is 16.9 Å². The van der Waals surface area contributed by atoms with Gasteiger partial charge in [0.25, 0.3) is 0 Å². The summed E-state index contributed by atoms with van der Waals surface area (Å²) in [5.41, 5.74) is 2.78. The first-order valence-corrected chi connectivity index (χ1v) is 8.54. The van der Waals surface area contributed by atoms with Crippen molar-refractivity contribution in [1.29, 1.82) is 0 Å². The Morgan fingerprint density at radius 2 is 2.00 bits per heavy atom. The molecule has 2 rings (SSSR count). The first kappa shape index (κ1) is 19.6. The number of rotatable bonds is 7. The fraction of sp³-hybridized carbons (Fsp3) is 0.421. The summed E-state index contributed by atoms with van der Waals surface area (Å²) in [5.74, 6) is -1.84. The molecule has 0 aliphatic carbocycles. The molecule has 0 saturated carbocycles. The van der Waals surface area contributed by atoms with E-state index in [4.69, 9.17) is 5.11 Å². The Morgan fingerprint density at radius 3 is 2.58 bits per heavy atom. The summed E-state index contributed by atoms with van der Waals surface area (Å²) in [4.78, 5) is 23.0. The minimum absolute atomic E-state index is 0.0241. The first-order valence-electron chi connectivity index (χ1n) is 8.54. The van der Waals surface area contributed by atoms with Crippen molar-refractivity contribution in [3.8, 4) is 0 Å². The van der Waals surface area contributed by atoms with Gasteiger partial charge >= 0.3 is 5.97 Å². The minimum Gasteiger partial charge on any atom is -0.478 e. The number of carbonyl (C=O) groups is 2. The van der Waals surface area contributed by atoms with E-state index >= 15 is 0 Å². The number of hydrogen-bond acceptors (Lipinski definition) is 3. The number of halogens is 1. The number of aromatic nitrogens is 2. The number of nitrogens with zero attached hydrogens (tertiary/aromatic N) is 2. The van der Waals surface area contributed by atoms with E-state index < -0.39 is 11.8 Å². The first-order chi connectivity index (χ1) is 12.2. The van der Waals surface area contributed by atoms with Gasteiger partial charge in [-0.25, -0.2) is 9.18 Å². The van der Waals surface area contributed by atoms with Crippen LogP contribution in [0.2, 0.25) is 0 Å². The molecule has 0 bridgehead atoms. The highest BCUT2D eigenvalue weighted by Gasteiger charge is 2.15. The number of carboxylic acids is 1. The average molecular weight is 361 g/mol. The molecule has 0 unspecified atom stereocenters. The predicted molar refractivity (Wildman–Crippen MR) is 96.8 cm³/mol. The third-order valence-corrected chi connectivity index (χ3v) is 4.16. The Labute approximate surface area is 152 Å². The van der Waals surface area contributed by atoms with Gasteiger partial charge in [-0.15, -0.1) is 0 Å². The maximum atomic E-state index is 13.9. The molecule has 26 heavy (non-hydrogen) atoms. The summed E-state index contributed by atoms with van der Waals surface area (Å²) in [6.45, 7) is 8.96. The topological polar surface area (TPSA) is 84.2 Å². The molecule has 0 spiro atoms. The fourth-order valence-corrected chi connectivity index (χ4v) is 2.82. The zero-order chi connectivity index (χ0) is 19.4. The molecular formula is C19H24FN3O3. The molecule has 0 radical (unpaired) electrons. The summed E-state index contributed by atoms with van der Waals surface area (Å²) in [7, 11) is 0. The van der Waals surface area contributed by atoms with E-state index in [0.29, 0.717) is 12.3 Å². The maximum absolute atomic E-state index is 13.9. The summed E-state index contributed by atoms with van der Waals surface area (Å²) >= 11 is 0. The minimum atomic E-state index is -1.22. The van der Waals surface area contributed by atoms with Crippen LogP contribution in [0.1, 0.15) is 47.6 Å². The van der Waals surface area contributed by atoms with E-state index in [1.165, 1.54) is 12.1 Å². The largest absolute Gasteiger partial charge is 0.478 e. The Balaban J connectivity index is 2.01. The quantitative estimate of drug-likeness (QED) is 0.790. The lowest BCUT2D eigenvalue weighted by Crippen LogP contribution is -2.14. The third kappa shape index (κ3) is 4.68. The number of aryl methyl sites for hydroxylation is 1. The SMILES string of the molecule is Cc1nn(CC(C)C)c(C)c1CCC(=O)Nc1ccc(C(=O)O)cc1F. The lowest BCUT2D eigenvalue weighted by atomic mass is 10.1. The normalized spacial score (nSPS) is 11.0. The van der Waals surface area contributed by atoms with Crippen molar-refractivity contribution < 1.29 is 19.1 Å². The van der Waals surface area contributed by atoms with Crippen LogP contribution in [0.5, 0.6) is 0 Å². The Bertz CT molecular complexity index is 828.